The number of esters is 2. The summed E-state index contributed by atoms with van der Waals surface area (Å²) in [5.74, 6) is -1.38. The first-order chi connectivity index (χ1) is 11.9. The van der Waals surface area contributed by atoms with Gasteiger partial charge >= 0.3 is 11.9 Å². The zero-order chi connectivity index (χ0) is 18.7. The third kappa shape index (κ3) is 8.71. The van der Waals surface area contributed by atoms with Gasteiger partial charge in [-0.05, 0) is 24.8 Å². The Balaban J connectivity index is 2.22. The Bertz CT molecular complexity index is 573. The fraction of sp³-hybridized carbons (Fsp3) is 0.471. The van der Waals surface area contributed by atoms with Crippen LogP contribution in [-0.4, -0.2) is 37.3 Å². The largest absolute Gasteiger partial charge is 0.428 e. The molecule has 0 saturated carbocycles. The molecule has 8 nitrogen and oxygen atoms in total. The van der Waals surface area contributed by atoms with Gasteiger partial charge in [-0.15, -0.1) is 0 Å². The number of carbonyl (C=O) groups excluding carboxylic acids is 2. The van der Waals surface area contributed by atoms with E-state index in [0.29, 0.717) is 25.8 Å². The van der Waals surface area contributed by atoms with Gasteiger partial charge in [-0.2, -0.15) is 0 Å². The van der Waals surface area contributed by atoms with Crippen molar-refractivity contribution in [3.05, 3.63) is 35.9 Å². The van der Waals surface area contributed by atoms with Crippen LogP contribution in [0, 0.1) is 5.92 Å². The molecule has 25 heavy (non-hydrogen) atoms. The molecule has 1 aromatic rings. The van der Waals surface area contributed by atoms with Crippen molar-refractivity contribution in [2.45, 2.75) is 32.2 Å². The Morgan fingerprint density at radius 2 is 1.76 bits per heavy atom. The molecule has 0 aliphatic heterocycles. The van der Waals surface area contributed by atoms with E-state index in [9.17, 15) is 9.59 Å². The summed E-state index contributed by atoms with van der Waals surface area (Å²) in [6, 6.07) is 8.55. The Morgan fingerprint density at radius 3 is 2.40 bits per heavy atom. The number of rotatable bonds is 10. The van der Waals surface area contributed by atoms with Crippen molar-refractivity contribution in [2.24, 2.45) is 28.1 Å². The molecule has 6 N–H and O–H groups in total. The Labute approximate surface area is 147 Å². The van der Waals surface area contributed by atoms with Crippen molar-refractivity contribution in [1.29, 1.82) is 0 Å². The number of hydrogen-bond acceptors (Lipinski definition) is 6. The number of benzene rings is 1. The van der Waals surface area contributed by atoms with Gasteiger partial charge in [0.2, 0.25) is 6.79 Å². The lowest BCUT2D eigenvalue weighted by molar-refractivity contribution is -0.170. The fourth-order valence-electron chi connectivity index (χ4n) is 2.07. The predicted molar refractivity (Wildman–Crippen MR) is 94.2 cm³/mol. The minimum Gasteiger partial charge on any atom is -0.428 e. The maximum absolute atomic E-state index is 11.8. The lowest BCUT2D eigenvalue weighted by Crippen LogP contribution is -2.35. The van der Waals surface area contributed by atoms with E-state index >= 15 is 0 Å². The second kappa shape index (κ2) is 11.0. The molecular weight excluding hydrogens is 324 g/mol. The van der Waals surface area contributed by atoms with Crippen molar-refractivity contribution >= 4 is 17.9 Å². The average molecular weight is 350 g/mol. The third-order valence-electron chi connectivity index (χ3n) is 3.50. The van der Waals surface area contributed by atoms with Gasteiger partial charge in [0, 0.05) is 6.54 Å². The molecule has 2 unspecified atom stereocenters. The molecule has 0 radical (unpaired) electrons. The fourth-order valence-corrected chi connectivity index (χ4v) is 2.07. The van der Waals surface area contributed by atoms with E-state index in [-0.39, 0.29) is 11.9 Å². The molecule has 8 heteroatoms. The molecule has 0 bridgehead atoms. The lowest BCUT2D eigenvalue weighted by atomic mass is 10.1. The topological polar surface area (TPSA) is 143 Å². The van der Waals surface area contributed by atoms with Gasteiger partial charge in [-0.1, -0.05) is 37.3 Å². The molecule has 0 heterocycles. The highest BCUT2D eigenvalue weighted by molar-refractivity contribution is 5.76. The summed E-state index contributed by atoms with van der Waals surface area (Å²) in [4.78, 5) is 27.4. The highest BCUT2D eigenvalue weighted by Crippen LogP contribution is 2.08. The maximum Gasteiger partial charge on any atom is 0.326 e. The molecule has 0 aliphatic carbocycles. The standard InChI is InChI=1S/C17H26N4O4/c1-12(6-5-9-21-17(19)20)15(22)24-11-25-16(23)14(18)10-13-7-3-2-4-8-13/h2-4,7-8,12,14H,5-6,9-11,18H2,1H3,(H4,19,20,21). The van der Waals surface area contributed by atoms with E-state index in [1.165, 1.54) is 0 Å². The minimum atomic E-state index is -0.807. The molecule has 0 aliphatic rings. The molecule has 1 aromatic carbocycles. The normalized spacial score (nSPS) is 12.7. The highest BCUT2D eigenvalue weighted by Gasteiger charge is 2.18. The molecule has 0 spiro atoms. The van der Waals surface area contributed by atoms with Gasteiger partial charge in [0.1, 0.15) is 6.04 Å². The molecule has 0 saturated heterocycles. The van der Waals surface area contributed by atoms with Crippen LogP contribution in [0.1, 0.15) is 25.3 Å². The van der Waals surface area contributed by atoms with Crippen molar-refractivity contribution in [3.63, 3.8) is 0 Å². The second-order valence-electron chi connectivity index (χ2n) is 5.69. The zero-order valence-corrected chi connectivity index (χ0v) is 14.4. The van der Waals surface area contributed by atoms with E-state index < -0.39 is 24.8 Å². The highest BCUT2D eigenvalue weighted by atomic mass is 16.7. The molecule has 138 valence electrons. The lowest BCUT2D eigenvalue weighted by Gasteiger charge is -2.13. The smallest absolute Gasteiger partial charge is 0.326 e. The summed E-state index contributed by atoms with van der Waals surface area (Å²) < 4.78 is 9.82. The molecule has 0 fully saturated rings. The van der Waals surface area contributed by atoms with Gasteiger partial charge < -0.3 is 26.7 Å². The van der Waals surface area contributed by atoms with Crippen molar-refractivity contribution in [3.8, 4) is 0 Å². The molecule has 1 rings (SSSR count). The SMILES string of the molecule is CC(CCCN=C(N)N)C(=O)OCOC(=O)C(N)Cc1ccccc1. The Kier molecular flexibility index (Phi) is 9.02. The number of guanidine groups is 1. The number of ether oxygens (including phenoxy) is 2. The second-order valence-corrected chi connectivity index (χ2v) is 5.69. The summed E-state index contributed by atoms with van der Waals surface area (Å²) in [5.41, 5.74) is 17.1. The van der Waals surface area contributed by atoms with Crippen molar-refractivity contribution < 1.29 is 19.1 Å². The zero-order valence-electron chi connectivity index (χ0n) is 14.4. The number of nitrogens with two attached hydrogens (primary N) is 3. The summed E-state index contributed by atoms with van der Waals surface area (Å²) >= 11 is 0. The van der Waals surface area contributed by atoms with Gasteiger partial charge in [0.25, 0.3) is 0 Å². The van der Waals surface area contributed by atoms with Crippen LogP contribution in [0.3, 0.4) is 0 Å². The predicted octanol–water partition coefficient (Wildman–Crippen LogP) is 0.290. The number of hydrogen-bond donors (Lipinski definition) is 3. The van der Waals surface area contributed by atoms with Crippen LogP contribution < -0.4 is 17.2 Å². The number of nitrogens with zero attached hydrogens (tertiary/aromatic N) is 1. The van der Waals surface area contributed by atoms with Crippen LogP contribution in [0.15, 0.2) is 35.3 Å². The number of carbonyl (C=O) groups is 2. The molecular formula is C17H26N4O4. The summed E-state index contributed by atoms with van der Waals surface area (Å²) in [5, 5.41) is 0. The maximum atomic E-state index is 11.8. The molecule has 2 atom stereocenters. The summed E-state index contributed by atoms with van der Waals surface area (Å²) in [7, 11) is 0. The monoisotopic (exact) mass is 350 g/mol. The van der Waals surface area contributed by atoms with Crippen LogP contribution in [0.5, 0.6) is 0 Å². The average Bonchev–Trinajstić information content (AvgIpc) is 2.58. The van der Waals surface area contributed by atoms with Crippen molar-refractivity contribution in [2.75, 3.05) is 13.3 Å². The molecule has 0 aromatic heterocycles. The minimum absolute atomic E-state index is 0.0222. The van der Waals surface area contributed by atoms with E-state index in [0.717, 1.165) is 5.56 Å². The third-order valence-corrected chi connectivity index (χ3v) is 3.50. The van der Waals surface area contributed by atoms with Crippen LogP contribution in [-0.2, 0) is 25.5 Å². The van der Waals surface area contributed by atoms with Gasteiger partial charge in [0.05, 0.1) is 5.92 Å². The number of aliphatic imine (C=N–C) groups is 1. The van der Waals surface area contributed by atoms with Crippen molar-refractivity contribution in [1.82, 2.24) is 0 Å². The first-order valence-electron chi connectivity index (χ1n) is 8.08. The summed E-state index contributed by atoms with van der Waals surface area (Å²) in [6.45, 7) is 1.72. The van der Waals surface area contributed by atoms with E-state index in [2.05, 4.69) is 4.99 Å². The van der Waals surface area contributed by atoms with Crippen LogP contribution >= 0.6 is 0 Å². The van der Waals surface area contributed by atoms with Gasteiger partial charge in [-0.3, -0.25) is 14.6 Å². The van der Waals surface area contributed by atoms with E-state index in [4.69, 9.17) is 26.7 Å². The van der Waals surface area contributed by atoms with Gasteiger partial charge in [-0.25, -0.2) is 0 Å². The summed E-state index contributed by atoms with van der Waals surface area (Å²) in [6.07, 6.45) is 1.57. The quantitative estimate of drug-likeness (QED) is 0.181. The van der Waals surface area contributed by atoms with Crippen LogP contribution in [0.4, 0.5) is 0 Å². The van der Waals surface area contributed by atoms with E-state index in [1.807, 2.05) is 30.3 Å². The van der Waals surface area contributed by atoms with Crippen LogP contribution in [0.2, 0.25) is 0 Å². The Morgan fingerprint density at radius 1 is 1.12 bits per heavy atom. The first kappa shape index (κ1) is 20.4. The molecule has 0 amide bonds. The van der Waals surface area contributed by atoms with E-state index in [1.54, 1.807) is 6.92 Å². The van der Waals surface area contributed by atoms with Crippen LogP contribution in [0.25, 0.3) is 0 Å². The van der Waals surface area contributed by atoms with Gasteiger partial charge in [0.15, 0.2) is 5.96 Å². The Hall–Kier alpha value is -2.61. The first-order valence-corrected chi connectivity index (χ1v) is 8.08.